The zero-order valence-electron chi connectivity index (χ0n) is 24.9. The highest BCUT2D eigenvalue weighted by molar-refractivity contribution is 6.38. The molecule has 10 heteroatoms. The van der Waals surface area contributed by atoms with E-state index in [0.29, 0.717) is 12.8 Å². The summed E-state index contributed by atoms with van der Waals surface area (Å²) < 4.78 is 5.39. The third-order valence-corrected chi connectivity index (χ3v) is 6.36. The second kappa shape index (κ2) is 12.3. The Morgan fingerprint density at radius 3 is 2.08 bits per heavy atom. The molecule has 3 atom stereocenters. The minimum Gasteiger partial charge on any atom is -0.444 e. The first-order chi connectivity index (χ1) is 17.2. The second-order valence-corrected chi connectivity index (χ2v) is 13.2. The highest BCUT2D eigenvalue weighted by atomic mass is 16.6. The number of carbonyl (C=O) groups excluding carboxylic acids is 5. The van der Waals surface area contributed by atoms with Crippen molar-refractivity contribution >= 4 is 29.6 Å². The number of amides is 4. The van der Waals surface area contributed by atoms with Gasteiger partial charge in [-0.3, -0.25) is 19.2 Å². The first kappa shape index (κ1) is 33.1. The average Bonchev–Trinajstić information content (AvgIpc) is 3.02. The minimum absolute atomic E-state index is 0.129. The molecule has 0 radical (unpaired) electrons. The van der Waals surface area contributed by atoms with E-state index in [4.69, 9.17) is 4.74 Å². The number of alkyl carbamates (subject to hydrolysis) is 1. The molecule has 10 nitrogen and oxygen atoms in total. The highest BCUT2D eigenvalue weighted by Crippen LogP contribution is 2.42. The summed E-state index contributed by atoms with van der Waals surface area (Å²) in [5.74, 6) is -2.50. The van der Waals surface area contributed by atoms with Crippen molar-refractivity contribution in [3.8, 4) is 0 Å². The van der Waals surface area contributed by atoms with Crippen molar-refractivity contribution in [2.75, 3.05) is 13.1 Å². The van der Waals surface area contributed by atoms with Crippen molar-refractivity contribution in [3.63, 3.8) is 0 Å². The van der Waals surface area contributed by atoms with Crippen LogP contribution in [0.15, 0.2) is 12.7 Å². The van der Waals surface area contributed by atoms with Crippen molar-refractivity contribution < 1.29 is 28.7 Å². The Morgan fingerprint density at radius 2 is 1.61 bits per heavy atom. The molecule has 0 aromatic carbocycles. The first-order valence-corrected chi connectivity index (χ1v) is 13.2. The fraction of sp³-hybridized carbons (Fsp3) is 0.750. The van der Waals surface area contributed by atoms with E-state index in [1.807, 2.05) is 41.5 Å². The third-order valence-electron chi connectivity index (χ3n) is 6.36. The predicted octanol–water partition coefficient (Wildman–Crippen LogP) is 3.10. The van der Waals surface area contributed by atoms with Gasteiger partial charge < -0.3 is 25.6 Å². The Kier molecular flexibility index (Phi) is 10.7. The van der Waals surface area contributed by atoms with Gasteiger partial charge in [0.25, 0.3) is 5.91 Å². The Morgan fingerprint density at radius 1 is 1.03 bits per heavy atom. The lowest BCUT2D eigenvalue weighted by atomic mass is 9.83. The number of rotatable bonds is 10. The molecule has 1 aliphatic heterocycles. The fourth-order valence-electron chi connectivity index (χ4n) is 4.72. The van der Waals surface area contributed by atoms with Gasteiger partial charge in [0.15, 0.2) is 0 Å². The van der Waals surface area contributed by atoms with Crippen LogP contribution in [0.5, 0.6) is 0 Å². The number of nitrogens with zero attached hydrogens (tertiary/aromatic N) is 1. The van der Waals surface area contributed by atoms with Crippen LogP contribution in [0.2, 0.25) is 0 Å². The molecule has 1 rings (SSSR count). The normalized spacial score (nSPS) is 20.6. The lowest BCUT2D eigenvalue weighted by Crippen LogP contribution is -2.63. The fourth-order valence-corrected chi connectivity index (χ4v) is 4.72. The Hall–Kier alpha value is -2.91. The van der Waals surface area contributed by atoms with Crippen LogP contribution in [-0.4, -0.2) is 70.8 Å². The SMILES string of the molecule is C=CCNC(=O)C(=O)C(CCC)NC(=O)C1(C)CC(C)(C)CN1C(=O)C(NC(=O)OC(C)(C)C)C(C)(C)C. The molecule has 1 saturated heterocycles. The molecule has 3 N–H and O–H groups in total. The number of ether oxygens (including phenoxy) is 1. The van der Waals surface area contributed by atoms with Gasteiger partial charge in [-0.15, -0.1) is 6.58 Å². The maximum Gasteiger partial charge on any atom is 0.408 e. The Bertz CT molecular complexity index is 931. The number of carbonyl (C=O) groups is 5. The molecular formula is C28H48N4O6. The van der Waals surface area contributed by atoms with E-state index in [1.165, 1.54) is 11.0 Å². The Balaban J connectivity index is 3.32. The molecule has 1 heterocycles. The van der Waals surface area contributed by atoms with Gasteiger partial charge in [-0.25, -0.2) is 4.79 Å². The van der Waals surface area contributed by atoms with Crippen molar-refractivity contribution in [1.82, 2.24) is 20.9 Å². The van der Waals surface area contributed by atoms with Crippen LogP contribution in [-0.2, 0) is 23.9 Å². The topological polar surface area (TPSA) is 134 Å². The Labute approximate surface area is 227 Å². The van der Waals surface area contributed by atoms with Crippen molar-refractivity contribution in [2.45, 2.75) is 112 Å². The summed E-state index contributed by atoms with van der Waals surface area (Å²) in [7, 11) is 0. The largest absolute Gasteiger partial charge is 0.444 e. The molecule has 0 bridgehead atoms. The molecule has 38 heavy (non-hydrogen) atoms. The summed E-state index contributed by atoms with van der Waals surface area (Å²) >= 11 is 0. The van der Waals surface area contributed by atoms with Gasteiger partial charge in [0.1, 0.15) is 17.2 Å². The van der Waals surface area contributed by atoms with E-state index in [2.05, 4.69) is 22.5 Å². The zero-order chi connectivity index (χ0) is 29.7. The maximum absolute atomic E-state index is 14.0. The van der Waals surface area contributed by atoms with Gasteiger partial charge in [-0.1, -0.05) is 54.0 Å². The lowest BCUT2D eigenvalue weighted by Gasteiger charge is -2.40. The van der Waals surface area contributed by atoms with E-state index in [0.717, 1.165) is 0 Å². The van der Waals surface area contributed by atoms with Crippen LogP contribution >= 0.6 is 0 Å². The zero-order valence-corrected chi connectivity index (χ0v) is 24.9. The van der Waals surface area contributed by atoms with Crippen LogP contribution in [0.3, 0.4) is 0 Å². The number of nitrogens with one attached hydrogen (secondary N) is 3. The standard InChI is InChI=1S/C28H48N4O6/c1-12-14-18(19(33)21(34)29-15-13-2)30-23(36)28(11)16-27(9,10)17-32(28)22(35)20(25(3,4)5)31-24(37)38-26(6,7)8/h13,18,20H,2,12,14-17H2,1,3-11H3,(H,29,34)(H,30,36)(H,31,37). The number of ketones is 1. The quantitative estimate of drug-likeness (QED) is 0.290. The summed E-state index contributed by atoms with van der Waals surface area (Å²) in [6, 6.07) is -2.01. The van der Waals surface area contributed by atoms with E-state index in [9.17, 15) is 24.0 Å². The van der Waals surface area contributed by atoms with Crippen LogP contribution in [0.4, 0.5) is 4.79 Å². The number of hydrogen-bond donors (Lipinski definition) is 3. The molecule has 0 spiro atoms. The molecule has 1 fully saturated rings. The van der Waals surface area contributed by atoms with Crippen molar-refractivity contribution in [1.29, 1.82) is 0 Å². The first-order valence-electron chi connectivity index (χ1n) is 13.2. The molecule has 4 amide bonds. The van der Waals surface area contributed by atoms with E-state index in [-0.39, 0.29) is 19.5 Å². The van der Waals surface area contributed by atoms with E-state index >= 15 is 0 Å². The van der Waals surface area contributed by atoms with Gasteiger partial charge in [-0.2, -0.15) is 0 Å². The van der Waals surface area contributed by atoms with Gasteiger partial charge in [0.05, 0.1) is 6.04 Å². The summed E-state index contributed by atoms with van der Waals surface area (Å²) in [6.07, 6.45) is 1.89. The summed E-state index contributed by atoms with van der Waals surface area (Å²) in [5.41, 5.74) is -3.17. The number of Topliss-reactive ketones (excluding diaryl/α,β-unsaturated/α-hetero) is 1. The lowest BCUT2D eigenvalue weighted by molar-refractivity contribution is -0.148. The van der Waals surface area contributed by atoms with Gasteiger partial charge in [-0.05, 0) is 51.4 Å². The predicted molar refractivity (Wildman–Crippen MR) is 146 cm³/mol. The van der Waals surface area contributed by atoms with Gasteiger partial charge in [0.2, 0.25) is 17.6 Å². The number of likely N-dealkylation sites (tertiary alicyclic amines) is 1. The third kappa shape index (κ3) is 8.84. The minimum atomic E-state index is -1.32. The van der Waals surface area contributed by atoms with E-state index < -0.39 is 63.7 Å². The van der Waals surface area contributed by atoms with Crippen molar-refractivity contribution in [3.05, 3.63) is 12.7 Å². The molecule has 0 aliphatic carbocycles. The maximum atomic E-state index is 14.0. The van der Waals surface area contributed by atoms with Crippen molar-refractivity contribution in [2.24, 2.45) is 10.8 Å². The molecule has 0 saturated carbocycles. The smallest absolute Gasteiger partial charge is 0.408 e. The average molecular weight is 537 g/mol. The summed E-state index contributed by atoms with van der Waals surface area (Å²) in [5, 5.41) is 7.91. The summed E-state index contributed by atoms with van der Waals surface area (Å²) in [6.45, 7) is 22.0. The van der Waals surface area contributed by atoms with Gasteiger partial charge >= 0.3 is 6.09 Å². The molecular weight excluding hydrogens is 488 g/mol. The molecule has 3 unspecified atom stereocenters. The molecule has 216 valence electrons. The molecule has 0 aromatic heterocycles. The van der Waals surface area contributed by atoms with Crippen LogP contribution < -0.4 is 16.0 Å². The number of hydrogen-bond acceptors (Lipinski definition) is 6. The van der Waals surface area contributed by atoms with Crippen LogP contribution in [0.25, 0.3) is 0 Å². The van der Waals surface area contributed by atoms with E-state index in [1.54, 1.807) is 27.7 Å². The highest BCUT2D eigenvalue weighted by Gasteiger charge is 2.55. The molecule has 0 aromatic rings. The second-order valence-electron chi connectivity index (χ2n) is 13.2. The van der Waals surface area contributed by atoms with Crippen LogP contribution in [0, 0.1) is 10.8 Å². The van der Waals surface area contributed by atoms with Gasteiger partial charge in [0, 0.05) is 13.1 Å². The molecule has 1 aliphatic rings. The monoisotopic (exact) mass is 536 g/mol. The van der Waals surface area contributed by atoms with Crippen LogP contribution in [0.1, 0.15) is 88.5 Å². The summed E-state index contributed by atoms with van der Waals surface area (Å²) in [4.78, 5) is 67.0.